The summed E-state index contributed by atoms with van der Waals surface area (Å²) in [4.78, 5) is 34.5. The fourth-order valence-electron chi connectivity index (χ4n) is 3.95. The number of rotatable bonds is 4. The second kappa shape index (κ2) is 4.33. The average molecular weight is 279 g/mol. The van der Waals surface area contributed by atoms with Crippen molar-refractivity contribution >= 4 is 17.8 Å². The van der Waals surface area contributed by atoms with Crippen molar-refractivity contribution in [3.8, 4) is 0 Å². The number of nitrogens with one attached hydrogen (secondary N) is 1. The van der Waals surface area contributed by atoms with Crippen LogP contribution in [-0.2, 0) is 23.9 Å². The molecule has 3 fully saturated rings. The van der Waals surface area contributed by atoms with Gasteiger partial charge in [-0.25, -0.2) is 0 Å². The van der Waals surface area contributed by atoms with Gasteiger partial charge in [0.2, 0.25) is 5.91 Å². The Kier molecular flexibility index (Phi) is 2.84. The Hall–Kier alpha value is -1.85. The quantitative estimate of drug-likeness (QED) is 0.586. The summed E-state index contributed by atoms with van der Waals surface area (Å²) in [6, 6.07) is 0. The molecule has 5 unspecified atom stereocenters. The standard InChI is InChI=1S/C14H17NO5/c1-3-10(16)15-6-11(17)19-12-7-4-8-9(5-7)14(12,2)20-13(8)18/h3,7-9,12H,1,4-6H2,2H3,(H,15,16). The molecule has 3 rings (SSSR count). The summed E-state index contributed by atoms with van der Waals surface area (Å²) < 4.78 is 10.9. The van der Waals surface area contributed by atoms with Crippen LogP contribution in [0, 0.1) is 17.8 Å². The molecule has 20 heavy (non-hydrogen) atoms. The number of hydrogen-bond acceptors (Lipinski definition) is 5. The van der Waals surface area contributed by atoms with Gasteiger partial charge in [-0.2, -0.15) is 0 Å². The highest BCUT2D eigenvalue weighted by Gasteiger charge is 2.70. The molecule has 1 amide bonds. The monoisotopic (exact) mass is 279 g/mol. The highest BCUT2D eigenvalue weighted by molar-refractivity contribution is 5.89. The van der Waals surface area contributed by atoms with Crippen LogP contribution in [-0.4, -0.2) is 36.1 Å². The molecule has 0 aromatic carbocycles. The van der Waals surface area contributed by atoms with Gasteiger partial charge in [0.25, 0.3) is 0 Å². The van der Waals surface area contributed by atoms with E-state index >= 15 is 0 Å². The Balaban J connectivity index is 1.64. The predicted molar refractivity (Wildman–Crippen MR) is 67.3 cm³/mol. The van der Waals surface area contributed by atoms with Gasteiger partial charge in [-0.15, -0.1) is 0 Å². The number of hydrogen-bond donors (Lipinski definition) is 1. The lowest BCUT2D eigenvalue weighted by Crippen LogP contribution is -2.47. The van der Waals surface area contributed by atoms with E-state index in [1.807, 2.05) is 6.92 Å². The lowest BCUT2D eigenvalue weighted by atomic mass is 9.79. The molecule has 1 N–H and O–H groups in total. The third-order valence-electron chi connectivity index (χ3n) is 4.80. The van der Waals surface area contributed by atoms with Crippen LogP contribution in [0.3, 0.4) is 0 Å². The Labute approximate surface area is 116 Å². The maximum absolute atomic E-state index is 11.8. The number of esters is 2. The fourth-order valence-corrected chi connectivity index (χ4v) is 3.95. The van der Waals surface area contributed by atoms with E-state index in [4.69, 9.17) is 9.47 Å². The van der Waals surface area contributed by atoms with Crippen LogP contribution >= 0.6 is 0 Å². The van der Waals surface area contributed by atoms with Gasteiger partial charge in [-0.05, 0) is 25.8 Å². The summed E-state index contributed by atoms with van der Waals surface area (Å²) in [6.07, 6.45) is 2.29. The molecule has 5 atom stereocenters. The molecule has 3 aliphatic rings. The summed E-state index contributed by atoms with van der Waals surface area (Å²) in [5.41, 5.74) is -0.692. The molecular weight excluding hydrogens is 262 g/mol. The van der Waals surface area contributed by atoms with Gasteiger partial charge >= 0.3 is 11.9 Å². The van der Waals surface area contributed by atoms with Gasteiger partial charge in [-0.3, -0.25) is 14.4 Å². The molecule has 0 spiro atoms. The van der Waals surface area contributed by atoms with Gasteiger partial charge in [0.15, 0.2) is 0 Å². The highest BCUT2D eigenvalue weighted by Crippen LogP contribution is 2.61. The van der Waals surface area contributed by atoms with Gasteiger partial charge in [0.05, 0.1) is 5.92 Å². The van der Waals surface area contributed by atoms with Gasteiger partial charge in [0.1, 0.15) is 18.2 Å². The Morgan fingerprint density at radius 2 is 2.30 bits per heavy atom. The van der Waals surface area contributed by atoms with Gasteiger partial charge in [0, 0.05) is 11.8 Å². The van der Waals surface area contributed by atoms with Crippen LogP contribution < -0.4 is 5.32 Å². The smallest absolute Gasteiger partial charge is 0.325 e. The van der Waals surface area contributed by atoms with Crippen LogP contribution in [0.25, 0.3) is 0 Å². The van der Waals surface area contributed by atoms with E-state index < -0.39 is 23.6 Å². The van der Waals surface area contributed by atoms with Gasteiger partial charge < -0.3 is 14.8 Å². The number of amides is 1. The van der Waals surface area contributed by atoms with Crippen molar-refractivity contribution < 1.29 is 23.9 Å². The van der Waals surface area contributed by atoms with Crippen molar-refractivity contribution in [1.29, 1.82) is 0 Å². The van der Waals surface area contributed by atoms with Crippen LogP contribution in [0.2, 0.25) is 0 Å². The van der Waals surface area contributed by atoms with Crippen LogP contribution in [0.4, 0.5) is 0 Å². The van der Waals surface area contributed by atoms with E-state index in [2.05, 4.69) is 11.9 Å². The average Bonchev–Trinajstić information content (AvgIpc) is 2.99. The zero-order valence-electron chi connectivity index (χ0n) is 11.3. The third-order valence-corrected chi connectivity index (χ3v) is 4.80. The molecule has 1 heterocycles. The van der Waals surface area contributed by atoms with Crippen LogP contribution in [0.5, 0.6) is 0 Å². The highest BCUT2D eigenvalue weighted by atomic mass is 16.6. The maximum atomic E-state index is 11.8. The van der Waals surface area contributed by atoms with Crippen molar-refractivity contribution in [3.63, 3.8) is 0 Å². The number of carbonyl (C=O) groups is 3. The molecule has 0 aromatic rings. The van der Waals surface area contributed by atoms with E-state index in [0.717, 1.165) is 18.9 Å². The van der Waals surface area contributed by atoms with E-state index in [9.17, 15) is 14.4 Å². The molecule has 108 valence electrons. The number of carbonyl (C=O) groups excluding carboxylic acids is 3. The topological polar surface area (TPSA) is 81.7 Å². The van der Waals surface area contributed by atoms with Crippen molar-refractivity contribution in [1.82, 2.24) is 5.32 Å². The maximum Gasteiger partial charge on any atom is 0.325 e. The van der Waals surface area contributed by atoms with E-state index in [0.29, 0.717) is 0 Å². The summed E-state index contributed by atoms with van der Waals surface area (Å²) >= 11 is 0. The number of ether oxygens (including phenoxy) is 2. The van der Waals surface area contributed by atoms with E-state index in [1.165, 1.54) is 0 Å². The second-order valence-corrected chi connectivity index (χ2v) is 5.88. The first-order valence-corrected chi connectivity index (χ1v) is 6.78. The molecule has 2 aliphatic carbocycles. The SMILES string of the molecule is C=CC(=O)NCC(=O)OC1C2CC3C(=O)OC1(C)C3C2. The first kappa shape index (κ1) is 13.1. The molecule has 2 bridgehead atoms. The Morgan fingerprint density at radius 3 is 3.00 bits per heavy atom. The summed E-state index contributed by atoms with van der Waals surface area (Å²) in [5, 5.41) is 2.38. The lowest BCUT2D eigenvalue weighted by Gasteiger charge is -2.34. The molecule has 6 heteroatoms. The van der Waals surface area contributed by atoms with Gasteiger partial charge in [-0.1, -0.05) is 6.58 Å². The summed E-state index contributed by atoms with van der Waals surface area (Å²) in [7, 11) is 0. The van der Waals surface area contributed by atoms with E-state index in [-0.39, 0.29) is 30.3 Å². The lowest BCUT2D eigenvalue weighted by molar-refractivity contribution is -0.173. The second-order valence-electron chi connectivity index (χ2n) is 5.88. The Bertz CT molecular complexity index is 502. The minimum Gasteiger partial charge on any atom is -0.456 e. The molecule has 0 aromatic heterocycles. The molecule has 0 radical (unpaired) electrons. The van der Waals surface area contributed by atoms with Crippen molar-refractivity contribution in [2.45, 2.75) is 31.5 Å². The fraction of sp³-hybridized carbons (Fsp3) is 0.643. The van der Waals surface area contributed by atoms with Crippen molar-refractivity contribution in [2.24, 2.45) is 17.8 Å². The van der Waals surface area contributed by atoms with Crippen molar-refractivity contribution in [3.05, 3.63) is 12.7 Å². The van der Waals surface area contributed by atoms with E-state index in [1.54, 1.807) is 0 Å². The van der Waals surface area contributed by atoms with Crippen molar-refractivity contribution in [2.75, 3.05) is 6.54 Å². The molecule has 1 aliphatic heterocycles. The first-order valence-electron chi connectivity index (χ1n) is 6.78. The third kappa shape index (κ3) is 1.74. The molecule has 2 saturated carbocycles. The first-order chi connectivity index (χ1) is 9.45. The molecule has 6 nitrogen and oxygen atoms in total. The normalized spacial score (nSPS) is 40.4. The summed E-state index contributed by atoms with van der Waals surface area (Å²) in [6.45, 7) is 4.94. The van der Waals surface area contributed by atoms with Crippen LogP contribution in [0.15, 0.2) is 12.7 Å². The zero-order valence-corrected chi connectivity index (χ0v) is 11.3. The van der Waals surface area contributed by atoms with Crippen LogP contribution in [0.1, 0.15) is 19.8 Å². The largest absolute Gasteiger partial charge is 0.456 e. The number of fused-ring (bicyclic) bond motifs is 1. The minimum atomic E-state index is -0.692. The predicted octanol–water partition coefficient (Wildman–Crippen LogP) is 0.172. The molecular formula is C14H17NO5. The Morgan fingerprint density at radius 1 is 1.55 bits per heavy atom. The minimum absolute atomic E-state index is 0.0274. The zero-order chi connectivity index (χ0) is 14.5. The molecule has 1 saturated heterocycles. The summed E-state index contributed by atoms with van der Waals surface area (Å²) in [5.74, 6) is -0.799.